The van der Waals surface area contributed by atoms with Gasteiger partial charge < -0.3 is 4.74 Å². The van der Waals surface area contributed by atoms with Crippen LogP contribution in [0.25, 0.3) is 0 Å². The normalized spacial score (nSPS) is 16.0. The summed E-state index contributed by atoms with van der Waals surface area (Å²) in [6.45, 7) is 3.26. The first-order chi connectivity index (χ1) is 11.7. The van der Waals surface area contributed by atoms with Gasteiger partial charge in [0.25, 0.3) is 0 Å². The largest absolute Gasteiger partial charge is 0.465 e. The molecule has 126 valence electrons. The van der Waals surface area contributed by atoms with Crippen LogP contribution in [0, 0.1) is 5.92 Å². The Balaban J connectivity index is 1.47. The zero-order chi connectivity index (χ0) is 16.8. The third kappa shape index (κ3) is 4.45. The van der Waals surface area contributed by atoms with Gasteiger partial charge in [0.15, 0.2) is 0 Å². The van der Waals surface area contributed by atoms with Gasteiger partial charge in [-0.05, 0) is 61.5 Å². The van der Waals surface area contributed by atoms with Gasteiger partial charge in [0.2, 0.25) is 0 Å². The molecule has 0 spiro atoms. The molecule has 1 fully saturated rings. The van der Waals surface area contributed by atoms with E-state index in [1.807, 2.05) is 24.3 Å². The fraction of sp³-hybridized carbons (Fsp3) is 0.381. The first kappa shape index (κ1) is 16.7. The van der Waals surface area contributed by atoms with E-state index in [0.717, 1.165) is 25.6 Å². The molecule has 3 nitrogen and oxygen atoms in total. The van der Waals surface area contributed by atoms with Crippen molar-refractivity contribution in [2.45, 2.75) is 25.8 Å². The van der Waals surface area contributed by atoms with Crippen molar-refractivity contribution in [2.24, 2.45) is 5.92 Å². The predicted molar refractivity (Wildman–Crippen MR) is 95.9 cm³/mol. The van der Waals surface area contributed by atoms with Gasteiger partial charge in [-0.2, -0.15) is 0 Å². The van der Waals surface area contributed by atoms with Gasteiger partial charge in [-0.3, -0.25) is 4.90 Å². The Kier molecular flexibility index (Phi) is 5.65. The molecule has 0 atom stereocenters. The number of carbonyl (C=O) groups is 1. The lowest BCUT2D eigenvalue weighted by molar-refractivity contribution is 0.0600. The number of hydrogen-bond acceptors (Lipinski definition) is 3. The standard InChI is InChI=1S/C21H25NO2/c1-24-21(23)20-9-7-19(8-10-20)16-22-13-11-18(12-14-22)15-17-5-3-2-4-6-17/h2-10,18H,11-16H2,1H3. The highest BCUT2D eigenvalue weighted by molar-refractivity contribution is 5.89. The molecule has 0 aromatic heterocycles. The van der Waals surface area contributed by atoms with Gasteiger partial charge >= 0.3 is 5.97 Å². The molecule has 0 unspecified atom stereocenters. The van der Waals surface area contributed by atoms with E-state index in [4.69, 9.17) is 4.74 Å². The highest BCUT2D eigenvalue weighted by atomic mass is 16.5. The number of esters is 1. The summed E-state index contributed by atoms with van der Waals surface area (Å²) >= 11 is 0. The average Bonchev–Trinajstić information content (AvgIpc) is 2.64. The Labute approximate surface area is 144 Å². The summed E-state index contributed by atoms with van der Waals surface area (Å²) in [5, 5.41) is 0. The van der Waals surface area contributed by atoms with Crippen molar-refractivity contribution >= 4 is 5.97 Å². The quantitative estimate of drug-likeness (QED) is 0.781. The molecule has 24 heavy (non-hydrogen) atoms. The summed E-state index contributed by atoms with van der Waals surface area (Å²) in [7, 11) is 1.41. The van der Waals surface area contributed by atoms with Crippen LogP contribution in [0.4, 0.5) is 0 Å². The van der Waals surface area contributed by atoms with Gasteiger partial charge in [0.05, 0.1) is 12.7 Å². The first-order valence-corrected chi connectivity index (χ1v) is 8.68. The van der Waals surface area contributed by atoms with Gasteiger partial charge in [0, 0.05) is 6.54 Å². The third-order valence-corrected chi connectivity index (χ3v) is 4.86. The second-order valence-corrected chi connectivity index (χ2v) is 6.60. The number of nitrogens with zero attached hydrogens (tertiary/aromatic N) is 1. The molecule has 2 aromatic rings. The molecule has 0 N–H and O–H groups in total. The van der Waals surface area contributed by atoms with Crippen molar-refractivity contribution < 1.29 is 9.53 Å². The highest BCUT2D eigenvalue weighted by Gasteiger charge is 2.19. The number of rotatable bonds is 5. The van der Waals surface area contributed by atoms with Crippen LogP contribution in [0.2, 0.25) is 0 Å². The van der Waals surface area contributed by atoms with Crippen molar-refractivity contribution in [3.63, 3.8) is 0 Å². The van der Waals surface area contributed by atoms with E-state index in [1.165, 1.54) is 37.5 Å². The van der Waals surface area contributed by atoms with Crippen molar-refractivity contribution in [1.29, 1.82) is 0 Å². The van der Waals surface area contributed by atoms with Gasteiger partial charge in [-0.15, -0.1) is 0 Å². The number of benzene rings is 2. The van der Waals surface area contributed by atoms with Crippen LogP contribution in [0.3, 0.4) is 0 Å². The van der Waals surface area contributed by atoms with Gasteiger partial charge in [-0.25, -0.2) is 4.79 Å². The van der Waals surface area contributed by atoms with Gasteiger partial charge in [-0.1, -0.05) is 42.5 Å². The number of piperidine rings is 1. The number of methoxy groups -OCH3 is 1. The fourth-order valence-corrected chi connectivity index (χ4v) is 3.42. The van der Waals surface area contributed by atoms with E-state index in [0.29, 0.717) is 5.56 Å². The number of ether oxygens (including phenoxy) is 1. The molecule has 2 aromatic carbocycles. The first-order valence-electron chi connectivity index (χ1n) is 8.68. The molecule has 0 bridgehead atoms. The van der Waals surface area contributed by atoms with Crippen molar-refractivity contribution in [3.8, 4) is 0 Å². The molecule has 3 rings (SSSR count). The molecule has 0 aliphatic carbocycles. The lowest BCUT2D eigenvalue weighted by Gasteiger charge is -2.32. The van der Waals surface area contributed by atoms with Crippen LogP contribution in [-0.4, -0.2) is 31.1 Å². The maximum atomic E-state index is 11.5. The van der Waals surface area contributed by atoms with Crippen molar-refractivity contribution in [2.75, 3.05) is 20.2 Å². The summed E-state index contributed by atoms with van der Waals surface area (Å²) < 4.78 is 4.74. The Morgan fingerprint density at radius 1 is 1.00 bits per heavy atom. The summed E-state index contributed by atoms with van der Waals surface area (Å²) in [6.07, 6.45) is 3.72. The van der Waals surface area contributed by atoms with Crippen LogP contribution >= 0.6 is 0 Å². The zero-order valence-corrected chi connectivity index (χ0v) is 14.3. The van der Waals surface area contributed by atoms with E-state index in [1.54, 1.807) is 0 Å². The zero-order valence-electron chi connectivity index (χ0n) is 14.3. The summed E-state index contributed by atoms with van der Waals surface area (Å²) in [5.41, 5.74) is 3.32. The topological polar surface area (TPSA) is 29.5 Å². The van der Waals surface area contributed by atoms with Crippen molar-refractivity contribution in [1.82, 2.24) is 4.90 Å². The van der Waals surface area contributed by atoms with E-state index in [2.05, 4.69) is 35.2 Å². The molecule has 1 aliphatic rings. The maximum Gasteiger partial charge on any atom is 0.337 e. The lowest BCUT2D eigenvalue weighted by atomic mass is 9.90. The molecule has 1 saturated heterocycles. The Morgan fingerprint density at radius 3 is 2.29 bits per heavy atom. The molecule has 0 radical (unpaired) electrons. The SMILES string of the molecule is COC(=O)c1ccc(CN2CCC(Cc3ccccc3)CC2)cc1. The number of likely N-dealkylation sites (tertiary alicyclic amines) is 1. The third-order valence-electron chi connectivity index (χ3n) is 4.86. The summed E-state index contributed by atoms with van der Waals surface area (Å²) in [4.78, 5) is 14.0. The minimum Gasteiger partial charge on any atom is -0.465 e. The second kappa shape index (κ2) is 8.11. The van der Waals surface area contributed by atoms with E-state index in [9.17, 15) is 4.79 Å². The molecule has 0 amide bonds. The average molecular weight is 323 g/mol. The molecule has 1 heterocycles. The van der Waals surface area contributed by atoms with Crippen LogP contribution in [0.5, 0.6) is 0 Å². The lowest BCUT2D eigenvalue weighted by Crippen LogP contribution is -2.33. The molecule has 1 aliphatic heterocycles. The minimum absolute atomic E-state index is 0.275. The maximum absolute atomic E-state index is 11.5. The number of hydrogen-bond donors (Lipinski definition) is 0. The second-order valence-electron chi connectivity index (χ2n) is 6.60. The summed E-state index contributed by atoms with van der Waals surface area (Å²) in [5.74, 6) is 0.522. The monoisotopic (exact) mass is 323 g/mol. The molecule has 0 saturated carbocycles. The molecule has 3 heteroatoms. The number of carbonyl (C=O) groups excluding carboxylic acids is 1. The Hall–Kier alpha value is -2.13. The van der Waals surface area contributed by atoms with Crippen LogP contribution < -0.4 is 0 Å². The molecular formula is C21H25NO2. The van der Waals surface area contributed by atoms with Crippen LogP contribution in [0.15, 0.2) is 54.6 Å². The predicted octanol–water partition coefficient (Wildman–Crippen LogP) is 3.93. The van der Waals surface area contributed by atoms with E-state index < -0.39 is 0 Å². The molecular weight excluding hydrogens is 298 g/mol. The fourth-order valence-electron chi connectivity index (χ4n) is 3.42. The Bertz CT molecular complexity index is 643. The van der Waals surface area contributed by atoms with Crippen molar-refractivity contribution in [3.05, 3.63) is 71.3 Å². The summed E-state index contributed by atoms with van der Waals surface area (Å²) in [6, 6.07) is 18.6. The van der Waals surface area contributed by atoms with E-state index >= 15 is 0 Å². The van der Waals surface area contributed by atoms with Gasteiger partial charge in [0.1, 0.15) is 0 Å². The minimum atomic E-state index is -0.275. The smallest absolute Gasteiger partial charge is 0.337 e. The highest BCUT2D eigenvalue weighted by Crippen LogP contribution is 2.23. The van der Waals surface area contributed by atoms with Crippen LogP contribution in [-0.2, 0) is 17.7 Å². The van der Waals surface area contributed by atoms with E-state index in [-0.39, 0.29) is 5.97 Å². The Morgan fingerprint density at radius 2 is 1.67 bits per heavy atom. The van der Waals surface area contributed by atoms with Crippen LogP contribution in [0.1, 0.15) is 34.3 Å².